The molecule has 6 heteroatoms. The van der Waals surface area contributed by atoms with Crippen LogP contribution in [-0.4, -0.2) is 58.9 Å². The summed E-state index contributed by atoms with van der Waals surface area (Å²) in [5.74, 6) is -2.03. The van der Waals surface area contributed by atoms with Gasteiger partial charge >= 0.3 is 5.97 Å². The summed E-state index contributed by atoms with van der Waals surface area (Å²) >= 11 is 0. The largest absolute Gasteiger partial charge is 0.481 e. The number of hydrogen-bond donors (Lipinski definition) is 1. The molecule has 1 unspecified atom stereocenters. The van der Waals surface area contributed by atoms with Crippen LogP contribution >= 0.6 is 0 Å². The first kappa shape index (κ1) is 13.5. The number of amides is 2. The van der Waals surface area contributed by atoms with Crippen LogP contribution in [0.3, 0.4) is 0 Å². The summed E-state index contributed by atoms with van der Waals surface area (Å²) in [7, 11) is 0. The average Bonchev–Trinajstić information content (AvgIpc) is 2.62. The van der Waals surface area contributed by atoms with Crippen LogP contribution in [0.4, 0.5) is 0 Å². The Bertz CT molecular complexity index is 325. The molecule has 96 valence electrons. The van der Waals surface area contributed by atoms with E-state index >= 15 is 0 Å². The number of carboxylic acid groups (broad SMARTS) is 1. The van der Waals surface area contributed by atoms with Crippen LogP contribution in [0.2, 0.25) is 0 Å². The number of carboxylic acids is 1. The molecule has 1 saturated heterocycles. The van der Waals surface area contributed by atoms with E-state index in [1.54, 1.807) is 4.90 Å². The van der Waals surface area contributed by atoms with Gasteiger partial charge in [0.05, 0.1) is 12.5 Å². The number of hydrogen-bond acceptors (Lipinski definition) is 3. The van der Waals surface area contributed by atoms with E-state index in [9.17, 15) is 14.4 Å². The van der Waals surface area contributed by atoms with E-state index in [4.69, 9.17) is 5.11 Å². The highest BCUT2D eigenvalue weighted by Crippen LogP contribution is 2.17. The first-order valence-corrected chi connectivity index (χ1v) is 5.77. The lowest BCUT2D eigenvalue weighted by molar-refractivity contribution is -0.141. The van der Waals surface area contributed by atoms with Gasteiger partial charge in [-0.3, -0.25) is 14.4 Å². The third-order valence-corrected chi connectivity index (χ3v) is 3.01. The SMILES string of the molecule is CCN(CC)C(=O)CN1CC(C(=O)O)CC1=O. The Balaban J connectivity index is 2.55. The number of likely N-dealkylation sites (N-methyl/N-ethyl adjacent to an activating group) is 1. The Morgan fingerprint density at radius 3 is 2.41 bits per heavy atom. The molecule has 1 rings (SSSR count). The topological polar surface area (TPSA) is 77.9 Å². The summed E-state index contributed by atoms with van der Waals surface area (Å²) in [6.07, 6.45) is 0.000856. The summed E-state index contributed by atoms with van der Waals surface area (Å²) in [6, 6.07) is 0. The third kappa shape index (κ3) is 3.18. The van der Waals surface area contributed by atoms with E-state index in [2.05, 4.69) is 0 Å². The van der Waals surface area contributed by atoms with Crippen LogP contribution in [0, 0.1) is 5.92 Å². The van der Waals surface area contributed by atoms with Gasteiger partial charge in [0.1, 0.15) is 0 Å². The summed E-state index contributed by atoms with van der Waals surface area (Å²) in [4.78, 5) is 37.0. The smallest absolute Gasteiger partial charge is 0.308 e. The molecule has 6 nitrogen and oxygen atoms in total. The van der Waals surface area contributed by atoms with Crippen molar-refractivity contribution in [3.63, 3.8) is 0 Å². The fourth-order valence-electron chi connectivity index (χ4n) is 1.93. The zero-order valence-electron chi connectivity index (χ0n) is 10.2. The molecular formula is C11H18N2O4. The molecule has 0 aromatic rings. The fraction of sp³-hybridized carbons (Fsp3) is 0.727. The second-order valence-electron chi connectivity index (χ2n) is 4.08. The van der Waals surface area contributed by atoms with Gasteiger partial charge < -0.3 is 14.9 Å². The maximum Gasteiger partial charge on any atom is 0.308 e. The van der Waals surface area contributed by atoms with Crippen molar-refractivity contribution in [2.24, 2.45) is 5.92 Å². The monoisotopic (exact) mass is 242 g/mol. The quantitative estimate of drug-likeness (QED) is 0.723. The van der Waals surface area contributed by atoms with Crippen molar-refractivity contribution in [1.82, 2.24) is 9.80 Å². The predicted octanol–water partition coefficient (Wildman–Crippen LogP) is -0.212. The molecule has 17 heavy (non-hydrogen) atoms. The standard InChI is InChI=1S/C11H18N2O4/c1-3-12(4-2)10(15)7-13-6-8(11(16)17)5-9(13)14/h8H,3-7H2,1-2H3,(H,16,17). The van der Waals surface area contributed by atoms with Gasteiger partial charge in [0.25, 0.3) is 0 Å². The van der Waals surface area contributed by atoms with Crippen LogP contribution in [0.1, 0.15) is 20.3 Å². The highest BCUT2D eigenvalue weighted by atomic mass is 16.4. The van der Waals surface area contributed by atoms with Crippen molar-refractivity contribution in [3.05, 3.63) is 0 Å². The molecule has 1 atom stereocenters. The maximum absolute atomic E-state index is 11.8. The highest BCUT2D eigenvalue weighted by Gasteiger charge is 2.35. The molecule has 0 spiro atoms. The second-order valence-corrected chi connectivity index (χ2v) is 4.08. The summed E-state index contributed by atoms with van der Waals surface area (Å²) in [5.41, 5.74) is 0. The Morgan fingerprint density at radius 2 is 2.00 bits per heavy atom. The number of likely N-dealkylation sites (tertiary alicyclic amines) is 1. The van der Waals surface area contributed by atoms with Gasteiger partial charge in [-0.1, -0.05) is 0 Å². The van der Waals surface area contributed by atoms with Crippen molar-refractivity contribution in [2.75, 3.05) is 26.2 Å². The van der Waals surface area contributed by atoms with E-state index in [1.807, 2.05) is 13.8 Å². The molecule has 1 fully saturated rings. The molecule has 1 aliphatic heterocycles. The maximum atomic E-state index is 11.8. The van der Waals surface area contributed by atoms with Crippen molar-refractivity contribution in [1.29, 1.82) is 0 Å². The van der Waals surface area contributed by atoms with Crippen LogP contribution in [-0.2, 0) is 14.4 Å². The van der Waals surface area contributed by atoms with Crippen LogP contribution in [0.5, 0.6) is 0 Å². The zero-order valence-corrected chi connectivity index (χ0v) is 10.2. The zero-order chi connectivity index (χ0) is 13.0. The van der Waals surface area contributed by atoms with Gasteiger partial charge in [-0.2, -0.15) is 0 Å². The second kappa shape index (κ2) is 5.65. The predicted molar refractivity (Wildman–Crippen MR) is 60.3 cm³/mol. The van der Waals surface area contributed by atoms with Crippen molar-refractivity contribution >= 4 is 17.8 Å². The van der Waals surface area contributed by atoms with Gasteiger partial charge in [0, 0.05) is 26.1 Å². The van der Waals surface area contributed by atoms with Crippen LogP contribution in [0.15, 0.2) is 0 Å². The molecule has 0 aliphatic carbocycles. The molecule has 0 aromatic heterocycles. The lowest BCUT2D eigenvalue weighted by Gasteiger charge is -2.22. The number of carbonyl (C=O) groups excluding carboxylic acids is 2. The van der Waals surface area contributed by atoms with E-state index in [-0.39, 0.29) is 31.3 Å². The van der Waals surface area contributed by atoms with Gasteiger partial charge in [0.15, 0.2) is 0 Å². The first-order chi connectivity index (χ1) is 7.99. The third-order valence-electron chi connectivity index (χ3n) is 3.01. The van der Waals surface area contributed by atoms with Gasteiger partial charge in [0.2, 0.25) is 11.8 Å². The Labute approximate surface area is 100 Å². The lowest BCUT2D eigenvalue weighted by Crippen LogP contribution is -2.41. The minimum absolute atomic E-state index is 0.000856. The molecule has 2 amide bonds. The highest BCUT2D eigenvalue weighted by molar-refractivity contribution is 5.89. The summed E-state index contributed by atoms with van der Waals surface area (Å²) < 4.78 is 0. The van der Waals surface area contributed by atoms with E-state index in [1.165, 1.54) is 4.90 Å². The molecule has 1 N–H and O–H groups in total. The van der Waals surface area contributed by atoms with Gasteiger partial charge in [-0.05, 0) is 13.8 Å². The molecule has 0 radical (unpaired) electrons. The molecule has 1 aliphatic rings. The van der Waals surface area contributed by atoms with Crippen molar-refractivity contribution in [2.45, 2.75) is 20.3 Å². The van der Waals surface area contributed by atoms with Crippen LogP contribution < -0.4 is 0 Å². The minimum Gasteiger partial charge on any atom is -0.481 e. The molecule has 0 bridgehead atoms. The van der Waals surface area contributed by atoms with Gasteiger partial charge in [-0.15, -0.1) is 0 Å². The number of aliphatic carboxylic acids is 1. The minimum atomic E-state index is -0.976. The van der Waals surface area contributed by atoms with E-state index < -0.39 is 11.9 Å². The normalized spacial score (nSPS) is 19.5. The summed E-state index contributed by atoms with van der Waals surface area (Å²) in [5, 5.41) is 8.81. The average molecular weight is 242 g/mol. The molecule has 1 heterocycles. The van der Waals surface area contributed by atoms with Crippen molar-refractivity contribution < 1.29 is 19.5 Å². The Hall–Kier alpha value is -1.59. The fourth-order valence-corrected chi connectivity index (χ4v) is 1.93. The van der Waals surface area contributed by atoms with Crippen molar-refractivity contribution in [3.8, 4) is 0 Å². The Kier molecular flexibility index (Phi) is 4.48. The lowest BCUT2D eigenvalue weighted by atomic mass is 10.1. The summed E-state index contributed by atoms with van der Waals surface area (Å²) in [6.45, 7) is 5.06. The number of nitrogens with zero attached hydrogens (tertiary/aromatic N) is 2. The first-order valence-electron chi connectivity index (χ1n) is 5.77. The molecular weight excluding hydrogens is 224 g/mol. The van der Waals surface area contributed by atoms with Crippen LogP contribution in [0.25, 0.3) is 0 Å². The molecule has 0 saturated carbocycles. The Morgan fingerprint density at radius 1 is 1.41 bits per heavy atom. The van der Waals surface area contributed by atoms with E-state index in [0.717, 1.165) is 0 Å². The number of rotatable bonds is 5. The van der Waals surface area contributed by atoms with Gasteiger partial charge in [-0.25, -0.2) is 0 Å². The number of carbonyl (C=O) groups is 3. The van der Waals surface area contributed by atoms with E-state index in [0.29, 0.717) is 13.1 Å². The molecule has 0 aromatic carbocycles.